The highest BCUT2D eigenvalue weighted by Gasteiger charge is 2.36. The summed E-state index contributed by atoms with van der Waals surface area (Å²) in [5, 5.41) is 2.84. The molecular weight excluding hydrogens is 410 g/mol. The Bertz CT molecular complexity index is 1080. The second kappa shape index (κ2) is 9.32. The number of aliphatic imine (C=N–C) groups is 1. The zero-order valence-electron chi connectivity index (χ0n) is 18.1. The highest BCUT2D eigenvalue weighted by molar-refractivity contribution is 6.18. The summed E-state index contributed by atoms with van der Waals surface area (Å²) in [5.41, 5.74) is 3.14. The number of piperidine rings is 1. The van der Waals surface area contributed by atoms with Gasteiger partial charge in [0.15, 0.2) is 5.78 Å². The minimum Gasteiger partial charge on any atom is -0.497 e. The first-order chi connectivity index (χ1) is 15.5. The van der Waals surface area contributed by atoms with Gasteiger partial charge in [-0.1, -0.05) is 0 Å². The van der Waals surface area contributed by atoms with Gasteiger partial charge in [-0.05, 0) is 55.8 Å². The second-order valence-electron chi connectivity index (χ2n) is 7.73. The molecule has 1 atom stereocenters. The predicted molar refractivity (Wildman–Crippen MR) is 120 cm³/mol. The van der Waals surface area contributed by atoms with Gasteiger partial charge in [0.05, 0.1) is 37.4 Å². The third-order valence-electron chi connectivity index (χ3n) is 5.62. The van der Waals surface area contributed by atoms with Crippen LogP contribution in [0, 0.1) is 5.92 Å². The van der Waals surface area contributed by atoms with E-state index < -0.39 is 5.97 Å². The predicted octanol–water partition coefficient (Wildman–Crippen LogP) is 3.10. The summed E-state index contributed by atoms with van der Waals surface area (Å²) < 4.78 is 10.2. The molecule has 8 nitrogen and oxygen atoms in total. The minimum atomic E-state index is -0.396. The zero-order chi connectivity index (χ0) is 22.7. The van der Waals surface area contributed by atoms with Crippen LogP contribution < -0.4 is 10.1 Å². The Balaban J connectivity index is 1.37. The molecule has 1 amide bonds. The van der Waals surface area contributed by atoms with E-state index in [0.29, 0.717) is 54.4 Å². The number of Topliss-reactive ketones (excluding diaryl/α,β-unsaturated/α-hetero) is 1. The van der Waals surface area contributed by atoms with Gasteiger partial charge < -0.3 is 14.8 Å². The van der Waals surface area contributed by atoms with Gasteiger partial charge in [-0.2, -0.15) is 0 Å². The van der Waals surface area contributed by atoms with Gasteiger partial charge in [0, 0.05) is 30.1 Å². The number of esters is 1. The lowest BCUT2D eigenvalue weighted by molar-refractivity contribution is -0.117. The molecule has 2 aromatic carbocycles. The molecule has 0 bridgehead atoms. The first-order valence-corrected chi connectivity index (χ1v) is 10.6. The number of hydrogen-bond donors (Lipinski definition) is 1. The number of ether oxygens (including phenoxy) is 2. The van der Waals surface area contributed by atoms with Gasteiger partial charge in [-0.25, -0.2) is 4.79 Å². The zero-order valence-corrected chi connectivity index (χ0v) is 18.1. The van der Waals surface area contributed by atoms with Crippen LogP contribution in [0.1, 0.15) is 34.1 Å². The SMILES string of the molecule is CCOC(=O)c1ccc(NC(=O)CN2CCC3=Nc4ccc(OC)cc4C(=O)C3C2)cc1. The number of nitrogens with zero attached hydrogens (tertiary/aromatic N) is 2. The Morgan fingerprint density at radius 3 is 2.69 bits per heavy atom. The van der Waals surface area contributed by atoms with Crippen molar-refractivity contribution in [1.82, 2.24) is 4.90 Å². The Hall–Kier alpha value is -3.52. The Kier molecular flexibility index (Phi) is 6.32. The largest absolute Gasteiger partial charge is 0.497 e. The molecule has 2 aliphatic heterocycles. The molecule has 1 saturated heterocycles. The molecule has 32 heavy (non-hydrogen) atoms. The van der Waals surface area contributed by atoms with Gasteiger partial charge in [0.2, 0.25) is 5.91 Å². The number of methoxy groups -OCH3 is 1. The van der Waals surface area contributed by atoms with Gasteiger partial charge in [0.1, 0.15) is 5.75 Å². The van der Waals surface area contributed by atoms with Crippen molar-refractivity contribution in [3.63, 3.8) is 0 Å². The topological polar surface area (TPSA) is 97.3 Å². The normalized spacial score (nSPS) is 17.6. The van der Waals surface area contributed by atoms with Gasteiger partial charge >= 0.3 is 5.97 Å². The maximum atomic E-state index is 13.1. The molecule has 0 aliphatic carbocycles. The van der Waals surface area contributed by atoms with Crippen LogP contribution in [-0.4, -0.2) is 61.6 Å². The van der Waals surface area contributed by atoms with Crippen molar-refractivity contribution in [2.45, 2.75) is 13.3 Å². The summed E-state index contributed by atoms with van der Waals surface area (Å²) in [7, 11) is 1.56. The molecule has 0 spiro atoms. The smallest absolute Gasteiger partial charge is 0.338 e. The summed E-state index contributed by atoms with van der Waals surface area (Å²) in [4.78, 5) is 44.0. The van der Waals surface area contributed by atoms with Gasteiger partial charge in [0.25, 0.3) is 0 Å². The van der Waals surface area contributed by atoms with Crippen molar-refractivity contribution in [3.8, 4) is 5.75 Å². The molecule has 8 heteroatoms. The second-order valence-corrected chi connectivity index (χ2v) is 7.73. The monoisotopic (exact) mass is 435 g/mol. The van der Waals surface area contributed by atoms with E-state index in [9.17, 15) is 14.4 Å². The van der Waals surface area contributed by atoms with Crippen LogP contribution in [0.4, 0.5) is 11.4 Å². The van der Waals surface area contributed by atoms with Crippen LogP contribution in [-0.2, 0) is 9.53 Å². The number of anilines is 1. The molecule has 2 heterocycles. The molecule has 1 N–H and O–H groups in total. The maximum Gasteiger partial charge on any atom is 0.338 e. The van der Waals surface area contributed by atoms with Crippen LogP contribution in [0.3, 0.4) is 0 Å². The Labute approximate surface area is 186 Å². The third kappa shape index (κ3) is 4.55. The van der Waals surface area contributed by atoms with Crippen LogP contribution in [0.2, 0.25) is 0 Å². The number of likely N-dealkylation sites (tertiary alicyclic amines) is 1. The van der Waals surface area contributed by atoms with E-state index in [-0.39, 0.29) is 24.2 Å². The fourth-order valence-electron chi connectivity index (χ4n) is 4.00. The molecule has 2 aromatic rings. The Morgan fingerprint density at radius 1 is 1.19 bits per heavy atom. The van der Waals surface area contributed by atoms with Crippen LogP contribution in [0.5, 0.6) is 5.75 Å². The van der Waals surface area contributed by atoms with E-state index in [1.165, 1.54) is 0 Å². The van der Waals surface area contributed by atoms with E-state index in [0.717, 1.165) is 5.71 Å². The molecule has 0 aromatic heterocycles. The summed E-state index contributed by atoms with van der Waals surface area (Å²) in [6.07, 6.45) is 0.642. The number of rotatable bonds is 6. The number of amides is 1. The lowest BCUT2D eigenvalue weighted by atomic mass is 9.85. The summed E-state index contributed by atoms with van der Waals surface area (Å²) in [5.74, 6) is -0.285. The van der Waals surface area contributed by atoms with Crippen LogP contribution >= 0.6 is 0 Å². The number of hydrogen-bond acceptors (Lipinski definition) is 7. The summed E-state index contributed by atoms with van der Waals surface area (Å²) >= 11 is 0. The number of ketones is 1. The average molecular weight is 435 g/mol. The molecule has 1 unspecified atom stereocenters. The number of nitrogens with one attached hydrogen (secondary N) is 1. The summed E-state index contributed by atoms with van der Waals surface area (Å²) in [6, 6.07) is 11.9. The van der Waals surface area contributed by atoms with Crippen LogP contribution in [0.25, 0.3) is 0 Å². The van der Waals surface area contributed by atoms with E-state index in [1.807, 2.05) is 11.0 Å². The highest BCUT2D eigenvalue weighted by atomic mass is 16.5. The van der Waals surface area contributed by atoms with Crippen molar-refractivity contribution < 1.29 is 23.9 Å². The average Bonchev–Trinajstić information content (AvgIpc) is 2.80. The fraction of sp³-hybridized carbons (Fsp3) is 0.333. The first kappa shape index (κ1) is 21.7. The minimum absolute atomic E-state index is 0.0172. The van der Waals surface area contributed by atoms with Crippen molar-refractivity contribution in [3.05, 3.63) is 53.6 Å². The number of fused-ring (bicyclic) bond motifs is 2. The molecule has 4 rings (SSSR count). The molecule has 0 saturated carbocycles. The highest BCUT2D eigenvalue weighted by Crippen LogP contribution is 2.34. The number of carbonyl (C=O) groups excluding carboxylic acids is 3. The third-order valence-corrected chi connectivity index (χ3v) is 5.62. The molecular formula is C24H25N3O5. The lowest BCUT2D eigenvalue weighted by Gasteiger charge is -2.34. The van der Waals surface area contributed by atoms with E-state index >= 15 is 0 Å². The summed E-state index contributed by atoms with van der Waals surface area (Å²) in [6.45, 7) is 3.33. The van der Waals surface area contributed by atoms with Crippen molar-refractivity contribution in [2.75, 3.05) is 38.7 Å². The lowest BCUT2D eigenvalue weighted by Crippen LogP contribution is -2.47. The van der Waals surface area contributed by atoms with Crippen molar-refractivity contribution in [2.24, 2.45) is 10.9 Å². The maximum absolute atomic E-state index is 13.1. The Morgan fingerprint density at radius 2 is 1.97 bits per heavy atom. The molecule has 2 aliphatic rings. The van der Waals surface area contributed by atoms with Gasteiger partial charge in [-0.3, -0.25) is 19.5 Å². The first-order valence-electron chi connectivity index (χ1n) is 10.6. The molecule has 1 fully saturated rings. The quantitative estimate of drug-likeness (QED) is 0.701. The van der Waals surface area contributed by atoms with E-state index in [1.54, 1.807) is 50.4 Å². The number of benzene rings is 2. The van der Waals surface area contributed by atoms with Crippen molar-refractivity contribution in [1.29, 1.82) is 0 Å². The van der Waals surface area contributed by atoms with E-state index in [2.05, 4.69) is 10.3 Å². The molecule has 166 valence electrons. The molecule has 0 radical (unpaired) electrons. The van der Waals surface area contributed by atoms with Crippen LogP contribution in [0.15, 0.2) is 47.5 Å². The van der Waals surface area contributed by atoms with E-state index in [4.69, 9.17) is 9.47 Å². The number of carbonyl (C=O) groups is 3. The fourth-order valence-corrected chi connectivity index (χ4v) is 4.00. The van der Waals surface area contributed by atoms with Gasteiger partial charge in [-0.15, -0.1) is 0 Å². The standard InChI is InChI=1S/C24H25N3O5/c1-3-32-24(30)15-4-6-16(7-5-15)25-22(28)14-27-11-10-21-19(13-27)23(29)18-12-17(31-2)8-9-20(18)26-21/h4-9,12,19H,3,10-11,13-14H2,1-2H3,(H,25,28). The van der Waals surface area contributed by atoms with Crippen molar-refractivity contribution >= 4 is 34.7 Å².